The van der Waals surface area contributed by atoms with Crippen LogP contribution in [0.25, 0.3) is 11.0 Å². The molecule has 0 aliphatic carbocycles. The van der Waals surface area contributed by atoms with Gasteiger partial charge in [-0.05, 0) is 49.2 Å². The first-order chi connectivity index (χ1) is 11.3. The molecule has 1 atom stereocenters. The van der Waals surface area contributed by atoms with Gasteiger partial charge in [-0.15, -0.1) is 0 Å². The maximum absolute atomic E-state index is 12.7. The van der Waals surface area contributed by atoms with Crippen LogP contribution in [0.3, 0.4) is 0 Å². The van der Waals surface area contributed by atoms with Crippen LogP contribution < -0.4 is 5.32 Å². The zero-order chi connectivity index (χ0) is 17.5. The number of nitrogens with zero attached hydrogens (tertiary/aromatic N) is 3. The van der Waals surface area contributed by atoms with E-state index < -0.39 is 5.60 Å². The predicted molar refractivity (Wildman–Crippen MR) is 94.2 cm³/mol. The Morgan fingerprint density at radius 2 is 2.21 bits per heavy atom. The summed E-state index contributed by atoms with van der Waals surface area (Å²) in [7, 11) is 1.81. The van der Waals surface area contributed by atoms with Crippen molar-refractivity contribution < 1.29 is 9.90 Å². The zero-order valence-corrected chi connectivity index (χ0v) is 14.9. The van der Waals surface area contributed by atoms with E-state index in [1.54, 1.807) is 17.7 Å². The van der Waals surface area contributed by atoms with Crippen molar-refractivity contribution in [3.8, 4) is 0 Å². The first-order valence-electron chi connectivity index (χ1n) is 7.64. The lowest BCUT2D eigenvalue weighted by atomic mass is 9.99. The number of amides is 1. The third-order valence-corrected chi connectivity index (χ3v) is 4.76. The fraction of sp³-hybridized carbons (Fsp3) is 0.353. The van der Waals surface area contributed by atoms with Crippen molar-refractivity contribution in [3.05, 3.63) is 45.4 Å². The normalized spacial score (nSPS) is 13.9. The summed E-state index contributed by atoms with van der Waals surface area (Å²) in [5, 5.41) is 22.3. The van der Waals surface area contributed by atoms with Gasteiger partial charge in [0.25, 0.3) is 5.91 Å². The number of fused-ring (bicyclic) bond motifs is 1. The SMILES string of the molecule is Cc1cc(C(=O)NCC(C)(O)c2ccsc2)c2c(C)nn(C)c2n1. The van der Waals surface area contributed by atoms with E-state index in [0.29, 0.717) is 11.2 Å². The van der Waals surface area contributed by atoms with Crippen molar-refractivity contribution in [2.75, 3.05) is 6.54 Å². The molecule has 0 aliphatic rings. The van der Waals surface area contributed by atoms with Crippen LogP contribution in [-0.2, 0) is 12.6 Å². The van der Waals surface area contributed by atoms with Gasteiger partial charge in [0.2, 0.25) is 0 Å². The molecule has 24 heavy (non-hydrogen) atoms. The Labute approximate surface area is 144 Å². The second-order valence-electron chi connectivity index (χ2n) is 6.19. The minimum atomic E-state index is -1.11. The van der Waals surface area contributed by atoms with Gasteiger partial charge >= 0.3 is 0 Å². The van der Waals surface area contributed by atoms with E-state index in [9.17, 15) is 9.90 Å². The molecular formula is C17H20N4O2S. The molecule has 0 aliphatic heterocycles. The first-order valence-corrected chi connectivity index (χ1v) is 8.58. The summed E-state index contributed by atoms with van der Waals surface area (Å²) >= 11 is 1.51. The number of carbonyl (C=O) groups is 1. The molecule has 2 N–H and O–H groups in total. The molecular weight excluding hydrogens is 324 g/mol. The largest absolute Gasteiger partial charge is 0.384 e. The van der Waals surface area contributed by atoms with Crippen molar-refractivity contribution >= 4 is 28.3 Å². The van der Waals surface area contributed by atoms with Crippen molar-refractivity contribution in [1.29, 1.82) is 0 Å². The van der Waals surface area contributed by atoms with Gasteiger partial charge in [-0.25, -0.2) is 4.98 Å². The minimum Gasteiger partial charge on any atom is -0.384 e. The highest BCUT2D eigenvalue weighted by atomic mass is 32.1. The monoisotopic (exact) mass is 344 g/mol. The first kappa shape index (κ1) is 16.6. The zero-order valence-electron chi connectivity index (χ0n) is 14.1. The van der Waals surface area contributed by atoms with E-state index in [2.05, 4.69) is 15.4 Å². The summed E-state index contributed by atoms with van der Waals surface area (Å²) in [5.41, 5.74) is 2.41. The number of aliphatic hydroxyl groups is 1. The van der Waals surface area contributed by atoms with Gasteiger partial charge in [-0.3, -0.25) is 9.48 Å². The number of rotatable bonds is 4. The van der Waals surface area contributed by atoms with Crippen LogP contribution in [0.4, 0.5) is 0 Å². The fourth-order valence-electron chi connectivity index (χ4n) is 2.77. The number of hydrogen-bond donors (Lipinski definition) is 2. The number of pyridine rings is 1. The summed E-state index contributed by atoms with van der Waals surface area (Å²) in [4.78, 5) is 17.2. The van der Waals surface area contributed by atoms with Crippen LogP contribution in [0, 0.1) is 13.8 Å². The predicted octanol–water partition coefficient (Wildman–Crippen LogP) is 2.28. The smallest absolute Gasteiger partial charge is 0.252 e. The highest BCUT2D eigenvalue weighted by molar-refractivity contribution is 7.08. The molecule has 1 amide bonds. The molecule has 3 heterocycles. The average molecular weight is 344 g/mol. The van der Waals surface area contributed by atoms with E-state index >= 15 is 0 Å². The van der Waals surface area contributed by atoms with Crippen LogP contribution >= 0.6 is 11.3 Å². The van der Waals surface area contributed by atoms with Crippen molar-refractivity contribution in [2.24, 2.45) is 7.05 Å². The molecule has 3 aromatic heterocycles. The number of nitrogens with one attached hydrogen (secondary N) is 1. The number of carbonyl (C=O) groups excluding carboxylic acids is 1. The molecule has 7 heteroatoms. The highest BCUT2D eigenvalue weighted by Gasteiger charge is 2.25. The van der Waals surface area contributed by atoms with Crippen LogP contribution in [0.2, 0.25) is 0 Å². The topological polar surface area (TPSA) is 80.0 Å². The van der Waals surface area contributed by atoms with Gasteiger partial charge in [-0.1, -0.05) is 0 Å². The molecule has 6 nitrogen and oxygen atoms in total. The highest BCUT2D eigenvalue weighted by Crippen LogP contribution is 2.24. The molecule has 0 bridgehead atoms. The van der Waals surface area contributed by atoms with Gasteiger partial charge in [0.1, 0.15) is 5.60 Å². The summed E-state index contributed by atoms with van der Waals surface area (Å²) in [6.45, 7) is 5.53. The molecule has 1 unspecified atom stereocenters. The molecule has 0 aromatic carbocycles. The average Bonchev–Trinajstić information content (AvgIpc) is 3.14. The standard InChI is InChI=1S/C17H20N4O2S/c1-10-7-13(14-11(2)20-21(4)15(14)19-10)16(22)18-9-17(3,23)12-5-6-24-8-12/h5-8,23H,9H2,1-4H3,(H,18,22). The summed E-state index contributed by atoms with van der Waals surface area (Å²) in [6.07, 6.45) is 0. The van der Waals surface area contributed by atoms with E-state index in [1.165, 1.54) is 11.3 Å². The van der Waals surface area contributed by atoms with E-state index in [4.69, 9.17) is 0 Å². The summed E-state index contributed by atoms with van der Waals surface area (Å²) in [6, 6.07) is 3.61. The van der Waals surface area contributed by atoms with Gasteiger partial charge in [0.05, 0.1) is 23.2 Å². The van der Waals surface area contributed by atoms with Crippen molar-refractivity contribution in [3.63, 3.8) is 0 Å². The Bertz CT molecular complexity index is 897. The van der Waals surface area contributed by atoms with Crippen LogP contribution in [0.15, 0.2) is 22.9 Å². The molecule has 0 spiro atoms. The maximum atomic E-state index is 12.7. The molecule has 0 saturated heterocycles. The summed E-state index contributed by atoms with van der Waals surface area (Å²) in [5.74, 6) is -0.239. The number of aryl methyl sites for hydroxylation is 3. The molecule has 3 rings (SSSR count). The lowest BCUT2D eigenvalue weighted by Gasteiger charge is -2.23. The molecule has 126 valence electrons. The van der Waals surface area contributed by atoms with Crippen LogP contribution in [-0.4, -0.2) is 32.3 Å². The van der Waals surface area contributed by atoms with E-state index in [0.717, 1.165) is 22.3 Å². The Kier molecular flexibility index (Phi) is 4.15. The maximum Gasteiger partial charge on any atom is 0.252 e. The minimum absolute atomic E-state index is 0.130. The Morgan fingerprint density at radius 3 is 2.88 bits per heavy atom. The number of aromatic nitrogens is 3. The third kappa shape index (κ3) is 2.92. The molecule has 3 aromatic rings. The van der Waals surface area contributed by atoms with E-state index in [-0.39, 0.29) is 12.5 Å². The molecule has 0 saturated carbocycles. The number of hydrogen-bond acceptors (Lipinski definition) is 5. The van der Waals surface area contributed by atoms with Crippen LogP contribution in [0.5, 0.6) is 0 Å². The lowest BCUT2D eigenvalue weighted by molar-refractivity contribution is 0.0530. The summed E-state index contributed by atoms with van der Waals surface area (Å²) < 4.78 is 1.68. The molecule has 0 fully saturated rings. The van der Waals surface area contributed by atoms with Crippen LogP contribution in [0.1, 0.15) is 34.2 Å². The Morgan fingerprint density at radius 1 is 1.46 bits per heavy atom. The Hall–Kier alpha value is -2.25. The quantitative estimate of drug-likeness (QED) is 0.761. The second kappa shape index (κ2) is 5.99. The van der Waals surface area contributed by atoms with Crippen molar-refractivity contribution in [2.45, 2.75) is 26.4 Å². The lowest BCUT2D eigenvalue weighted by Crippen LogP contribution is -2.38. The molecule has 0 radical (unpaired) electrons. The second-order valence-corrected chi connectivity index (χ2v) is 6.97. The van der Waals surface area contributed by atoms with Gasteiger partial charge in [0, 0.05) is 12.7 Å². The van der Waals surface area contributed by atoms with Crippen molar-refractivity contribution in [1.82, 2.24) is 20.1 Å². The third-order valence-electron chi connectivity index (χ3n) is 4.08. The Balaban J connectivity index is 1.89. The number of thiophene rings is 1. The van der Waals surface area contributed by atoms with Gasteiger partial charge < -0.3 is 10.4 Å². The van der Waals surface area contributed by atoms with Gasteiger partial charge in [-0.2, -0.15) is 16.4 Å². The fourth-order valence-corrected chi connectivity index (χ4v) is 3.55. The van der Waals surface area contributed by atoms with Gasteiger partial charge in [0.15, 0.2) is 5.65 Å². The van der Waals surface area contributed by atoms with E-state index in [1.807, 2.05) is 37.7 Å².